The summed E-state index contributed by atoms with van der Waals surface area (Å²) in [5.41, 5.74) is 2.28. The maximum Gasteiger partial charge on any atom is 0.134 e. The molecule has 116 valence electrons. The Morgan fingerprint density at radius 3 is 2.67 bits per heavy atom. The lowest BCUT2D eigenvalue weighted by Gasteiger charge is -2.18. The van der Waals surface area contributed by atoms with Crippen LogP contribution < -0.4 is 5.32 Å². The number of aryl methyl sites for hydroxylation is 1. The SMILES string of the molecule is CCc1c(C(C)NCC(CC)CCO)oc2ccccc12. The van der Waals surface area contributed by atoms with Crippen molar-refractivity contribution in [1.29, 1.82) is 0 Å². The quantitative estimate of drug-likeness (QED) is 0.770. The first kappa shape index (κ1) is 16.1. The van der Waals surface area contributed by atoms with Crippen LogP contribution >= 0.6 is 0 Å². The minimum atomic E-state index is 0.195. The highest BCUT2D eigenvalue weighted by Gasteiger charge is 2.18. The lowest BCUT2D eigenvalue weighted by molar-refractivity contribution is 0.248. The Balaban J connectivity index is 2.13. The van der Waals surface area contributed by atoms with Crippen molar-refractivity contribution in [3.8, 4) is 0 Å². The summed E-state index contributed by atoms with van der Waals surface area (Å²) < 4.78 is 6.07. The topological polar surface area (TPSA) is 45.4 Å². The van der Waals surface area contributed by atoms with Crippen molar-refractivity contribution < 1.29 is 9.52 Å². The van der Waals surface area contributed by atoms with Gasteiger partial charge in [0.15, 0.2) is 0 Å². The second-order valence-corrected chi connectivity index (χ2v) is 5.71. The van der Waals surface area contributed by atoms with Crippen LogP contribution in [0, 0.1) is 5.92 Å². The van der Waals surface area contributed by atoms with Crippen LogP contribution in [0.1, 0.15) is 51.0 Å². The number of rotatable bonds is 8. The summed E-state index contributed by atoms with van der Waals surface area (Å²) in [6.07, 6.45) is 2.92. The van der Waals surface area contributed by atoms with Crippen LogP contribution in [0.25, 0.3) is 11.0 Å². The van der Waals surface area contributed by atoms with Gasteiger partial charge in [0.05, 0.1) is 6.04 Å². The first-order valence-electron chi connectivity index (χ1n) is 8.05. The summed E-state index contributed by atoms with van der Waals surface area (Å²) in [7, 11) is 0. The Morgan fingerprint density at radius 1 is 1.24 bits per heavy atom. The zero-order chi connectivity index (χ0) is 15.2. The number of nitrogens with one attached hydrogen (secondary N) is 1. The summed E-state index contributed by atoms with van der Waals surface area (Å²) in [5.74, 6) is 1.57. The standard InChI is InChI=1S/C18H27NO2/c1-4-14(10-11-20)12-19-13(3)18-15(5-2)16-8-6-7-9-17(16)21-18/h6-9,13-14,19-20H,4-5,10-12H2,1-3H3. The number of aliphatic hydroxyl groups is 1. The van der Waals surface area contributed by atoms with E-state index in [1.54, 1.807) is 0 Å². The molecule has 0 fully saturated rings. The van der Waals surface area contributed by atoms with Crippen LogP contribution in [0.15, 0.2) is 28.7 Å². The summed E-state index contributed by atoms with van der Waals surface area (Å²) in [6, 6.07) is 8.44. The molecule has 0 saturated heterocycles. The first-order chi connectivity index (χ1) is 10.2. The number of fused-ring (bicyclic) bond motifs is 1. The molecule has 3 heteroatoms. The van der Waals surface area contributed by atoms with Gasteiger partial charge in [-0.15, -0.1) is 0 Å². The van der Waals surface area contributed by atoms with Crippen LogP contribution in [0.2, 0.25) is 0 Å². The number of para-hydroxylation sites is 1. The third kappa shape index (κ3) is 3.66. The first-order valence-corrected chi connectivity index (χ1v) is 8.05. The van der Waals surface area contributed by atoms with Crippen molar-refractivity contribution in [1.82, 2.24) is 5.32 Å². The van der Waals surface area contributed by atoms with Crippen molar-refractivity contribution in [2.24, 2.45) is 5.92 Å². The average Bonchev–Trinajstić information content (AvgIpc) is 2.89. The molecule has 1 aromatic heterocycles. The smallest absolute Gasteiger partial charge is 0.134 e. The molecule has 0 amide bonds. The zero-order valence-corrected chi connectivity index (χ0v) is 13.4. The monoisotopic (exact) mass is 289 g/mol. The molecule has 2 unspecified atom stereocenters. The Bertz CT molecular complexity index is 561. The molecule has 0 aliphatic rings. The summed E-state index contributed by atoms with van der Waals surface area (Å²) in [4.78, 5) is 0. The van der Waals surface area contributed by atoms with Gasteiger partial charge in [0.1, 0.15) is 11.3 Å². The Labute approximate surface area is 127 Å². The van der Waals surface area contributed by atoms with E-state index in [1.165, 1.54) is 10.9 Å². The van der Waals surface area contributed by atoms with Gasteiger partial charge >= 0.3 is 0 Å². The van der Waals surface area contributed by atoms with Crippen molar-refractivity contribution in [3.05, 3.63) is 35.6 Å². The summed E-state index contributed by atoms with van der Waals surface area (Å²) >= 11 is 0. The predicted octanol–water partition coefficient (Wildman–Crippen LogP) is 4.05. The van der Waals surface area contributed by atoms with Crippen LogP contribution in [-0.4, -0.2) is 18.3 Å². The molecule has 2 rings (SSSR count). The number of benzene rings is 1. The Morgan fingerprint density at radius 2 is 2.00 bits per heavy atom. The molecule has 2 atom stereocenters. The number of hydrogen-bond acceptors (Lipinski definition) is 3. The van der Waals surface area contributed by atoms with E-state index in [4.69, 9.17) is 9.52 Å². The third-order valence-electron chi connectivity index (χ3n) is 4.30. The molecular weight excluding hydrogens is 262 g/mol. The highest BCUT2D eigenvalue weighted by molar-refractivity contribution is 5.82. The minimum absolute atomic E-state index is 0.195. The van der Waals surface area contributed by atoms with Gasteiger partial charge in [-0.25, -0.2) is 0 Å². The van der Waals surface area contributed by atoms with Gasteiger partial charge in [-0.3, -0.25) is 0 Å². The van der Waals surface area contributed by atoms with E-state index >= 15 is 0 Å². The maximum atomic E-state index is 9.08. The highest BCUT2D eigenvalue weighted by atomic mass is 16.3. The number of furan rings is 1. The molecule has 0 aliphatic carbocycles. The third-order valence-corrected chi connectivity index (χ3v) is 4.30. The van der Waals surface area contributed by atoms with Crippen molar-refractivity contribution >= 4 is 11.0 Å². The van der Waals surface area contributed by atoms with Gasteiger partial charge in [0, 0.05) is 17.6 Å². The molecule has 3 nitrogen and oxygen atoms in total. The van der Waals surface area contributed by atoms with E-state index in [9.17, 15) is 0 Å². The molecule has 2 aromatic rings. The van der Waals surface area contributed by atoms with Gasteiger partial charge in [0.25, 0.3) is 0 Å². The molecule has 0 saturated carbocycles. The molecule has 0 aliphatic heterocycles. The number of aliphatic hydroxyl groups excluding tert-OH is 1. The molecule has 0 spiro atoms. The van der Waals surface area contributed by atoms with E-state index in [0.29, 0.717) is 5.92 Å². The normalized spacial score (nSPS) is 14.5. The minimum Gasteiger partial charge on any atom is -0.459 e. The molecule has 1 heterocycles. The van der Waals surface area contributed by atoms with Crippen LogP contribution in [0.5, 0.6) is 0 Å². The average molecular weight is 289 g/mol. The van der Waals surface area contributed by atoms with Gasteiger partial charge in [0.2, 0.25) is 0 Å². The van der Waals surface area contributed by atoms with Crippen LogP contribution in [0.4, 0.5) is 0 Å². The highest BCUT2D eigenvalue weighted by Crippen LogP contribution is 2.30. The summed E-state index contributed by atoms with van der Waals surface area (Å²) in [5, 5.41) is 13.9. The predicted molar refractivity (Wildman–Crippen MR) is 87.5 cm³/mol. The zero-order valence-electron chi connectivity index (χ0n) is 13.4. The largest absolute Gasteiger partial charge is 0.459 e. The van der Waals surface area contributed by atoms with Crippen LogP contribution in [0.3, 0.4) is 0 Å². The lowest BCUT2D eigenvalue weighted by Crippen LogP contribution is -2.26. The van der Waals surface area contributed by atoms with E-state index in [2.05, 4.69) is 38.2 Å². The molecular formula is C18H27NO2. The van der Waals surface area contributed by atoms with E-state index in [0.717, 1.165) is 37.2 Å². The molecule has 0 bridgehead atoms. The number of hydrogen-bond donors (Lipinski definition) is 2. The molecule has 0 radical (unpaired) electrons. The molecule has 2 N–H and O–H groups in total. The summed E-state index contributed by atoms with van der Waals surface area (Å²) in [6.45, 7) is 7.68. The second-order valence-electron chi connectivity index (χ2n) is 5.71. The second kappa shape index (κ2) is 7.62. The maximum absolute atomic E-state index is 9.08. The van der Waals surface area contributed by atoms with Gasteiger partial charge in [-0.2, -0.15) is 0 Å². The molecule has 1 aromatic carbocycles. The van der Waals surface area contributed by atoms with Crippen LogP contribution in [-0.2, 0) is 6.42 Å². The molecule has 21 heavy (non-hydrogen) atoms. The fourth-order valence-electron chi connectivity index (χ4n) is 2.90. The Kier molecular flexibility index (Phi) is 5.83. The van der Waals surface area contributed by atoms with E-state index in [1.807, 2.05) is 12.1 Å². The van der Waals surface area contributed by atoms with Crippen molar-refractivity contribution in [3.63, 3.8) is 0 Å². The van der Waals surface area contributed by atoms with E-state index in [-0.39, 0.29) is 12.6 Å². The fraction of sp³-hybridized carbons (Fsp3) is 0.556. The van der Waals surface area contributed by atoms with Gasteiger partial charge in [-0.1, -0.05) is 38.5 Å². The van der Waals surface area contributed by atoms with Crippen molar-refractivity contribution in [2.75, 3.05) is 13.2 Å². The van der Waals surface area contributed by atoms with Gasteiger partial charge < -0.3 is 14.8 Å². The van der Waals surface area contributed by atoms with Gasteiger partial charge in [-0.05, 0) is 38.3 Å². The Hall–Kier alpha value is -1.32. The fourth-order valence-corrected chi connectivity index (χ4v) is 2.90. The van der Waals surface area contributed by atoms with E-state index < -0.39 is 0 Å². The lowest BCUT2D eigenvalue weighted by atomic mass is 10.0. The van der Waals surface area contributed by atoms with Crippen molar-refractivity contribution in [2.45, 2.75) is 46.1 Å².